The third-order valence-electron chi connectivity index (χ3n) is 12.5. The molecule has 3 aliphatic rings. The molecule has 56 heavy (non-hydrogen) atoms. The first kappa shape index (κ1) is 34.5. The molecule has 0 bridgehead atoms. The number of hydrogen-bond acceptors (Lipinski definition) is 1. The number of benzene rings is 5. The molecule has 0 saturated carbocycles. The fraction of sp³-hybridized carbons (Fsp3) is 0.148. The SMILES string of the molecule is C=CC1=C(/C=C\C)c2cccc(-c3ccc4c(c3)c(/C=C(\C)c3ccc5c(c3)C(C)(C)c3c-5ccc5sc6c(c35)C=CCC6)c(C=C)n4-c3ccccc3)c2C1. The Labute approximate surface area is 334 Å². The van der Waals surface area contributed by atoms with Gasteiger partial charge in [-0.3, -0.25) is 0 Å². The zero-order valence-corrected chi connectivity index (χ0v) is 33.5. The number of allylic oxidation sites excluding steroid dienone is 7. The molecule has 5 aromatic carbocycles. The second-order valence-electron chi connectivity index (χ2n) is 16.0. The van der Waals surface area contributed by atoms with Crippen molar-refractivity contribution in [3.63, 3.8) is 0 Å². The molecule has 2 aromatic heterocycles. The molecule has 0 aliphatic heterocycles. The van der Waals surface area contributed by atoms with Crippen molar-refractivity contribution in [2.24, 2.45) is 0 Å². The van der Waals surface area contributed by atoms with Crippen LogP contribution in [0.3, 0.4) is 0 Å². The van der Waals surface area contributed by atoms with Crippen molar-refractivity contribution in [2.75, 3.05) is 0 Å². The average Bonchev–Trinajstić information content (AvgIpc) is 3.94. The lowest BCUT2D eigenvalue weighted by molar-refractivity contribution is 0.666. The van der Waals surface area contributed by atoms with Gasteiger partial charge < -0.3 is 4.57 Å². The first-order valence-electron chi connectivity index (χ1n) is 19.9. The molecule has 272 valence electrons. The zero-order valence-electron chi connectivity index (χ0n) is 32.7. The van der Waals surface area contributed by atoms with Crippen molar-refractivity contribution in [2.45, 2.75) is 52.4 Å². The van der Waals surface area contributed by atoms with Gasteiger partial charge in [0.15, 0.2) is 0 Å². The largest absolute Gasteiger partial charge is 0.309 e. The Morgan fingerprint density at radius 1 is 0.839 bits per heavy atom. The molecule has 7 aromatic rings. The van der Waals surface area contributed by atoms with E-state index in [4.69, 9.17) is 0 Å². The van der Waals surface area contributed by atoms with E-state index >= 15 is 0 Å². The van der Waals surface area contributed by atoms with Gasteiger partial charge in [-0.15, -0.1) is 11.3 Å². The Balaban J connectivity index is 1.13. The summed E-state index contributed by atoms with van der Waals surface area (Å²) in [6.45, 7) is 17.8. The maximum atomic E-state index is 4.39. The molecular weight excluding hydrogens is 695 g/mol. The Hall–Kier alpha value is -5.96. The van der Waals surface area contributed by atoms with Gasteiger partial charge in [0.05, 0.1) is 11.2 Å². The normalized spacial score (nSPS) is 15.5. The quantitative estimate of drug-likeness (QED) is 0.153. The Kier molecular flexibility index (Phi) is 8.06. The van der Waals surface area contributed by atoms with Crippen LogP contribution in [0.15, 0.2) is 140 Å². The highest BCUT2D eigenvalue weighted by Gasteiger charge is 2.38. The number of nitrogens with zero attached hydrogens (tertiary/aromatic N) is 1. The maximum absolute atomic E-state index is 4.39. The van der Waals surface area contributed by atoms with E-state index in [2.05, 4.69) is 173 Å². The molecule has 0 spiro atoms. The smallest absolute Gasteiger partial charge is 0.0541 e. The average molecular weight is 740 g/mol. The summed E-state index contributed by atoms with van der Waals surface area (Å²) in [5, 5.41) is 2.68. The van der Waals surface area contributed by atoms with Gasteiger partial charge in [-0.05, 0) is 154 Å². The van der Waals surface area contributed by atoms with Crippen molar-refractivity contribution < 1.29 is 0 Å². The molecule has 2 heterocycles. The van der Waals surface area contributed by atoms with Gasteiger partial charge in [-0.25, -0.2) is 0 Å². The summed E-state index contributed by atoms with van der Waals surface area (Å²) in [6.07, 6.45) is 18.7. The summed E-state index contributed by atoms with van der Waals surface area (Å²) in [5.74, 6) is 0. The highest BCUT2D eigenvalue weighted by atomic mass is 32.1. The van der Waals surface area contributed by atoms with E-state index in [9.17, 15) is 0 Å². The molecule has 0 N–H and O–H groups in total. The Morgan fingerprint density at radius 2 is 1.66 bits per heavy atom. The summed E-state index contributed by atoms with van der Waals surface area (Å²) in [4.78, 5) is 1.53. The lowest BCUT2D eigenvalue weighted by Crippen LogP contribution is -2.16. The minimum atomic E-state index is -0.117. The Bertz CT molecular complexity index is 2950. The molecule has 1 nitrogen and oxygen atoms in total. The van der Waals surface area contributed by atoms with Crippen LogP contribution < -0.4 is 0 Å². The lowest BCUT2D eigenvalue weighted by atomic mass is 9.79. The molecule has 0 atom stereocenters. The summed E-state index contributed by atoms with van der Waals surface area (Å²) < 4.78 is 3.78. The monoisotopic (exact) mass is 739 g/mol. The lowest BCUT2D eigenvalue weighted by Gasteiger charge is -2.23. The van der Waals surface area contributed by atoms with Crippen LogP contribution in [0.2, 0.25) is 0 Å². The minimum Gasteiger partial charge on any atom is -0.309 e. The van der Waals surface area contributed by atoms with Crippen LogP contribution in [0.4, 0.5) is 0 Å². The summed E-state index contributed by atoms with van der Waals surface area (Å²) in [7, 11) is 0. The molecule has 0 radical (unpaired) electrons. The fourth-order valence-corrected chi connectivity index (χ4v) is 11.1. The number of thiophene rings is 1. The second kappa shape index (κ2) is 13.1. The summed E-state index contributed by atoms with van der Waals surface area (Å²) in [6, 6.07) is 36.3. The molecule has 0 unspecified atom stereocenters. The Morgan fingerprint density at radius 3 is 2.46 bits per heavy atom. The van der Waals surface area contributed by atoms with E-state index in [1.54, 1.807) is 0 Å². The van der Waals surface area contributed by atoms with Crippen molar-refractivity contribution >= 4 is 61.7 Å². The van der Waals surface area contributed by atoms with Crippen LogP contribution in [-0.4, -0.2) is 4.57 Å². The summed E-state index contributed by atoms with van der Waals surface area (Å²) in [5.41, 5.74) is 21.8. The standard InChI is InChI=1S/C54H45NS/c1-7-16-38-34(8-2)30-44-39(20-15-21-40(38)44)36-24-27-49-46(31-36)45(48(9-3)55(49)37-17-11-10-12-18-37)29-33(4)35-23-25-41-42-26-28-51-52(43-19-13-14-22-50(43)56-51)53(42)54(5,6)47(41)32-35/h7-13,15-21,23-29,31-32H,2-3,14,22,30H2,1,4-6H3/b16-7-,33-29+. The first-order chi connectivity index (χ1) is 27.3. The van der Waals surface area contributed by atoms with Crippen LogP contribution in [0, 0.1) is 0 Å². The molecule has 0 fully saturated rings. The summed E-state index contributed by atoms with van der Waals surface area (Å²) >= 11 is 1.99. The number of hydrogen-bond donors (Lipinski definition) is 0. The highest BCUT2D eigenvalue weighted by molar-refractivity contribution is 7.19. The van der Waals surface area contributed by atoms with Crippen molar-refractivity contribution in [3.05, 3.63) is 190 Å². The molecule has 3 aliphatic carbocycles. The molecule has 2 heteroatoms. The molecular formula is C54H45NS. The number of fused-ring (bicyclic) bond motifs is 9. The van der Waals surface area contributed by atoms with Gasteiger partial charge in [0.25, 0.3) is 0 Å². The van der Waals surface area contributed by atoms with Gasteiger partial charge in [-0.2, -0.15) is 0 Å². The fourth-order valence-electron chi connectivity index (χ4n) is 9.91. The van der Waals surface area contributed by atoms with E-state index in [-0.39, 0.29) is 5.41 Å². The van der Waals surface area contributed by atoms with Crippen LogP contribution in [-0.2, 0) is 18.3 Å². The van der Waals surface area contributed by atoms with Crippen LogP contribution in [0.25, 0.3) is 78.3 Å². The molecule has 0 amide bonds. The van der Waals surface area contributed by atoms with Crippen LogP contribution in [0.1, 0.15) is 83.6 Å². The van der Waals surface area contributed by atoms with Gasteiger partial charge in [0, 0.05) is 37.0 Å². The van der Waals surface area contributed by atoms with E-state index in [1.165, 1.54) is 104 Å². The maximum Gasteiger partial charge on any atom is 0.0541 e. The van der Waals surface area contributed by atoms with Crippen molar-refractivity contribution in [1.82, 2.24) is 4.57 Å². The van der Waals surface area contributed by atoms with Crippen LogP contribution >= 0.6 is 11.3 Å². The van der Waals surface area contributed by atoms with Crippen molar-refractivity contribution in [1.29, 1.82) is 0 Å². The number of rotatable bonds is 7. The minimum absolute atomic E-state index is 0.117. The van der Waals surface area contributed by atoms with Gasteiger partial charge in [0.2, 0.25) is 0 Å². The molecule has 10 rings (SSSR count). The highest BCUT2D eigenvalue weighted by Crippen LogP contribution is 2.54. The topological polar surface area (TPSA) is 4.93 Å². The number of aromatic nitrogens is 1. The predicted molar refractivity (Wildman–Crippen MR) is 245 cm³/mol. The van der Waals surface area contributed by atoms with E-state index in [1.807, 2.05) is 23.5 Å². The molecule has 0 saturated heterocycles. The third-order valence-corrected chi connectivity index (χ3v) is 13.8. The number of para-hydroxylation sites is 1. The van der Waals surface area contributed by atoms with Crippen LogP contribution in [0.5, 0.6) is 0 Å². The van der Waals surface area contributed by atoms with E-state index < -0.39 is 0 Å². The number of aryl methyl sites for hydroxylation is 1. The van der Waals surface area contributed by atoms with E-state index in [0.717, 1.165) is 30.6 Å². The zero-order chi connectivity index (χ0) is 38.3. The van der Waals surface area contributed by atoms with Gasteiger partial charge in [0.1, 0.15) is 0 Å². The third kappa shape index (κ3) is 5.05. The van der Waals surface area contributed by atoms with E-state index in [0.29, 0.717) is 0 Å². The van der Waals surface area contributed by atoms with Gasteiger partial charge >= 0.3 is 0 Å². The first-order valence-corrected chi connectivity index (χ1v) is 20.7. The van der Waals surface area contributed by atoms with Crippen molar-refractivity contribution in [3.8, 4) is 27.9 Å². The second-order valence-corrected chi connectivity index (χ2v) is 17.1. The van der Waals surface area contributed by atoms with Gasteiger partial charge in [-0.1, -0.05) is 118 Å². The predicted octanol–water partition coefficient (Wildman–Crippen LogP) is 15.1.